The summed E-state index contributed by atoms with van der Waals surface area (Å²) in [6, 6.07) is 2.64. The van der Waals surface area contributed by atoms with Crippen LogP contribution in [0.4, 0.5) is 5.82 Å². The van der Waals surface area contributed by atoms with Gasteiger partial charge < -0.3 is 15.0 Å². The molecule has 2 aromatic heterocycles. The van der Waals surface area contributed by atoms with Gasteiger partial charge in [-0.3, -0.25) is 9.97 Å². The van der Waals surface area contributed by atoms with E-state index in [4.69, 9.17) is 4.74 Å². The SMILES string of the molecule is CO[C@@H]1C[C@H](CNC(C)Cc2cnccn2)N(c2ccncn2)C1. The van der Waals surface area contributed by atoms with Crippen LogP contribution in [0.5, 0.6) is 0 Å². The predicted molar refractivity (Wildman–Crippen MR) is 91.8 cm³/mol. The van der Waals surface area contributed by atoms with Gasteiger partial charge in [-0.2, -0.15) is 0 Å². The smallest absolute Gasteiger partial charge is 0.132 e. The van der Waals surface area contributed by atoms with E-state index in [9.17, 15) is 0 Å². The van der Waals surface area contributed by atoms with Crippen molar-refractivity contribution in [2.45, 2.75) is 38.0 Å². The Kier molecular flexibility index (Phi) is 5.66. The second-order valence-corrected chi connectivity index (χ2v) is 6.18. The van der Waals surface area contributed by atoms with Gasteiger partial charge in [0.2, 0.25) is 0 Å². The molecule has 0 saturated carbocycles. The molecule has 7 nitrogen and oxygen atoms in total. The lowest BCUT2D eigenvalue weighted by molar-refractivity contribution is 0.118. The van der Waals surface area contributed by atoms with Gasteiger partial charge in [0, 0.05) is 63.5 Å². The van der Waals surface area contributed by atoms with E-state index in [1.54, 1.807) is 32.0 Å². The second kappa shape index (κ2) is 8.12. The molecule has 7 heteroatoms. The third-order valence-electron chi connectivity index (χ3n) is 4.40. The highest BCUT2D eigenvalue weighted by atomic mass is 16.5. The highest BCUT2D eigenvalue weighted by Crippen LogP contribution is 2.24. The largest absolute Gasteiger partial charge is 0.380 e. The van der Waals surface area contributed by atoms with Gasteiger partial charge in [0.1, 0.15) is 12.1 Å². The van der Waals surface area contributed by atoms with Crippen LogP contribution >= 0.6 is 0 Å². The molecule has 0 spiro atoms. The molecule has 1 saturated heterocycles. The van der Waals surface area contributed by atoms with E-state index in [-0.39, 0.29) is 6.10 Å². The molecular formula is C17H24N6O. The van der Waals surface area contributed by atoms with Crippen molar-refractivity contribution < 1.29 is 4.74 Å². The van der Waals surface area contributed by atoms with E-state index >= 15 is 0 Å². The maximum atomic E-state index is 5.56. The molecule has 3 heterocycles. The van der Waals surface area contributed by atoms with E-state index in [1.165, 1.54) is 0 Å². The first kappa shape index (κ1) is 16.7. The number of rotatable bonds is 7. The number of hydrogen-bond acceptors (Lipinski definition) is 7. The normalized spacial score (nSPS) is 21.8. The first-order valence-corrected chi connectivity index (χ1v) is 8.30. The number of hydrogen-bond donors (Lipinski definition) is 1. The maximum absolute atomic E-state index is 5.56. The highest BCUT2D eigenvalue weighted by molar-refractivity contribution is 5.40. The quantitative estimate of drug-likeness (QED) is 0.815. The summed E-state index contributed by atoms with van der Waals surface area (Å²) in [4.78, 5) is 19.2. The van der Waals surface area contributed by atoms with Crippen LogP contribution in [0.15, 0.2) is 37.2 Å². The van der Waals surface area contributed by atoms with Gasteiger partial charge in [-0.1, -0.05) is 0 Å². The molecular weight excluding hydrogens is 304 g/mol. The molecule has 1 aliphatic heterocycles. The molecule has 3 rings (SSSR count). The third kappa shape index (κ3) is 4.24. The molecule has 0 radical (unpaired) electrons. The van der Waals surface area contributed by atoms with Crippen molar-refractivity contribution >= 4 is 5.82 Å². The molecule has 3 atom stereocenters. The van der Waals surface area contributed by atoms with E-state index in [2.05, 4.69) is 37.1 Å². The lowest BCUT2D eigenvalue weighted by Gasteiger charge is -2.26. The Morgan fingerprint density at radius 3 is 2.92 bits per heavy atom. The standard InChI is InChI=1S/C17H24N6O/c1-13(7-14-9-18-5-6-20-14)21-10-15-8-16(24-2)11-23(15)17-3-4-19-12-22-17/h3-6,9,12-13,15-16,21H,7-8,10-11H2,1-2H3/t13?,15-,16-/m1/s1. The Bertz CT molecular complexity index is 611. The van der Waals surface area contributed by atoms with Crippen LogP contribution in [0.2, 0.25) is 0 Å². The van der Waals surface area contributed by atoms with Crippen LogP contribution in [0.1, 0.15) is 19.0 Å². The minimum absolute atomic E-state index is 0.238. The van der Waals surface area contributed by atoms with Crippen LogP contribution in [0, 0.1) is 0 Å². The fourth-order valence-electron chi connectivity index (χ4n) is 3.13. The molecule has 0 aliphatic carbocycles. The summed E-state index contributed by atoms with van der Waals surface area (Å²) in [5.74, 6) is 0.956. The topological polar surface area (TPSA) is 76.1 Å². The van der Waals surface area contributed by atoms with E-state index in [0.29, 0.717) is 12.1 Å². The van der Waals surface area contributed by atoms with Crippen molar-refractivity contribution in [3.63, 3.8) is 0 Å². The highest BCUT2D eigenvalue weighted by Gasteiger charge is 2.32. The Labute approximate surface area is 142 Å². The molecule has 0 bridgehead atoms. The van der Waals surface area contributed by atoms with E-state index in [0.717, 1.165) is 37.4 Å². The molecule has 1 N–H and O–H groups in total. The van der Waals surface area contributed by atoms with Crippen molar-refractivity contribution in [3.05, 3.63) is 42.9 Å². The summed E-state index contributed by atoms with van der Waals surface area (Å²) in [7, 11) is 1.77. The molecule has 128 valence electrons. The second-order valence-electron chi connectivity index (χ2n) is 6.18. The Hall–Kier alpha value is -2.12. The fraction of sp³-hybridized carbons (Fsp3) is 0.529. The number of ether oxygens (including phenoxy) is 1. The Morgan fingerprint density at radius 2 is 2.21 bits per heavy atom. The van der Waals surface area contributed by atoms with E-state index in [1.807, 2.05) is 12.3 Å². The number of anilines is 1. The average Bonchev–Trinajstić information content (AvgIpc) is 3.05. The van der Waals surface area contributed by atoms with Gasteiger partial charge in [-0.25, -0.2) is 9.97 Å². The third-order valence-corrected chi connectivity index (χ3v) is 4.40. The van der Waals surface area contributed by atoms with Gasteiger partial charge in [0.15, 0.2) is 0 Å². The molecule has 2 aromatic rings. The van der Waals surface area contributed by atoms with Crippen LogP contribution in [0.25, 0.3) is 0 Å². The van der Waals surface area contributed by atoms with Crippen molar-refractivity contribution in [3.8, 4) is 0 Å². The summed E-state index contributed by atoms with van der Waals surface area (Å²) in [5, 5.41) is 3.61. The van der Waals surface area contributed by atoms with Crippen molar-refractivity contribution in [2.24, 2.45) is 0 Å². The zero-order valence-electron chi connectivity index (χ0n) is 14.2. The lowest BCUT2D eigenvalue weighted by Crippen LogP contribution is -2.42. The van der Waals surface area contributed by atoms with Crippen molar-refractivity contribution in [1.82, 2.24) is 25.3 Å². The van der Waals surface area contributed by atoms with Gasteiger partial charge in [-0.15, -0.1) is 0 Å². The summed E-state index contributed by atoms with van der Waals surface area (Å²) >= 11 is 0. The molecule has 1 fully saturated rings. The minimum Gasteiger partial charge on any atom is -0.380 e. The number of aromatic nitrogens is 4. The number of methoxy groups -OCH3 is 1. The summed E-state index contributed by atoms with van der Waals surface area (Å²) in [6.45, 7) is 3.91. The minimum atomic E-state index is 0.238. The average molecular weight is 328 g/mol. The lowest BCUT2D eigenvalue weighted by atomic mass is 10.1. The molecule has 24 heavy (non-hydrogen) atoms. The summed E-state index contributed by atoms with van der Waals surface area (Å²) in [5.41, 5.74) is 1.01. The summed E-state index contributed by atoms with van der Waals surface area (Å²) < 4.78 is 5.56. The Morgan fingerprint density at radius 1 is 1.29 bits per heavy atom. The van der Waals surface area contributed by atoms with Crippen LogP contribution in [-0.4, -0.2) is 58.3 Å². The monoisotopic (exact) mass is 328 g/mol. The first-order chi connectivity index (χ1) is 11.8. The van der Waals surface area contributed by atoms with Crippen LogP contribution < -0.4 is 10.2 Å². The Balaban J connectivity index is 1.58. The zero-order chi connectivity index (χ0) is 16.8. The molecule has 0 aromatic carbocycles. The van der Waals surface area contributed by atoms with Gasteiger partial charge in [0.05, 0.1) is 11.8 Å². The molecule has 1 aliphatic rings. The van der Waals surface area contributed by atoms with Gasteiger partial charge in [0.25, 0.3) is 0 Å². The zero-order valence-corrected chi connectivity index (χ0v) is 14.2. The van der Waals surface area contributed by atoms with Crippen LogP contribution in [0.3, 0.4) is 0 Å². The fourth-order valence-corrected chi connectivity index (χ4v) is 3.13. The summed E-state index contributed by atoms with van der Waals surface area (Å²) in [6.07, 6.45) is 10.7. The molecule has 0 amide bonds. The number of nitrogens with one attached hydrogen (secondary N) is 1. The maximum Gasteiger partial charge on any atom is 0.132 e. The van der Waals surface area contributed by atoms with Gasteiger partial charge in [-0.05, 0) is 19.4 Å². The predicted octanol–water partition coefficient (Wildman–Crippen LogP) is 1.08. The van der Waals surface area contributed by atoms with Crippen molar-refractivity contribution in [2.75, 3.05) is 25.1 Å². The van der Waals surface area contributed by atoms with Crippen molar-refractivity contribution in [1.29, 1.82) is 0 Å². The van der Waals surface area contributed by atoms with E-state index < -0.39 is 0 Å². The van der Waals surface area contributed by atoms with Gasteiger partial charge >= 0.3 is 0 Å². The first-order valence-electron chi connectivity index (χ1n) is 8.30. The van der Waals surface area contributed by atoms with Crippen LogP contribution in [-0.2, 0) is 11.2 Å². The molecule has 1 unspecified atom stereocenters. The number of nitrogens with zero attached hydrogens (tertiary/aromatic N) is 5.